The number of ether oxygens (including phenoxy) is 1. The minimum atomic E-state index is -1.06. The fourth-order valence-electron chi connectivity index (χ4n) is 4.42. The molecule has 0 aromatic heterocycles. The summed E-state index contributed by atoms with van der Waals surface area (Å²) >= 11 is 0. The summed E-state index contributed by atoms with van der Waals surface area (Å²) in [5.41, 5.74) is 7.60. The van der Waals surface area contributed by atoms with E-state index in [1.54, 1.807) is 31.4 Å². The highest BCUT2D eigenvalue weighted by atomic mass is 16.5. The lowest BCUT2D eigenvalue weighted by Crippen LogP contribution is -2.55. The largest absolute Gasteiger partial charge is 0.497 e. The van der Waals surface area contributed by atoms with Crippen molar-refractivity contribution in [2.75, 3.05) is 7.11 Å². The number of aliphatic hydroxyl groups is 1. The van der Waals surface area contributed by atoms with Crippen LogP contribution in [0.3, 0.4) is 0 Å². The summed E-state index contributed by atoms with van der Waals surface area (Å²) in [6.07, 6.45) is -0.519. The molecule has 0 radical (unpaired) electrons. The molecule has 0 aliphatic heterocycles. The minimum absolute atomic E-state index is 0.00164. The van der Waals surface area contributed by atoms with Crippen LogP contribution >= 0.6 is 0 Å². The first-order valence-electron chi connectivity index (χ1n) is 14.5. The van der Waals surface area contributed by atoms with E-state index < -0.39 is 30.1 Å². The number of nitrogens with one attached hydrogen (secondary N) is 2. The van der Waals surface area contributed by atoms with Crippen LogP contribution in [0.4, 0.5) is 0 Å². The maximum absolute atomic E-state index is 13.1. The molecule has 3 aromatic rings. The molecule has 10 nitrogen and oxygen atoms in total. The van der Waals surface area contributed by atoms with Crippen LogP contribution in [0.5, 0.6) is 5.75 Å². The van der Waals surface area contributed by atoms with Crippen molar-refractivity contribution in [2.45, 2.75) is 64.1 Å². The fraction of sp³-hybridized carbons (Fsp3) is 0.353. The molecule has 3 amide bonds. The van der Waals surface area contributed by atoms with Gasteiger partial charge in [0.05, 0.1) is 32.1 Å². The first-order valence-corrected chi connectivity index (χ1v) is 14.5. The lowest BCUT2D eigenvalue weighted by molar-refractivity contribution is -0.137. The third-order valence-corrected chi connectivity index (χ3v) is 6.73. The molecule has 0 spiro atoms. The SMILES string of the molecule is COc1cccc(CC(=O)NC(C(=O)NC(Cc2ccccc2)C(O)CCC(=O)O)C(C)C)c1.NC(=O)Cc1ccccc1. The number of carboxylic acid groups (broad SMARTS) is 1. The predicted octanol–water partition coefficient (Wildman–Crippen LogP) is 3.05. The van der Waals surface area contributed by atoms with E-state index in [0.29, 0.717) is 18.6 Å². The Morgan fingerprint density at radius 1 is 0.818 bits per heavy atom. The Kier molecular flexibility index (Phi) is 15.1. The molecule has 3 atom stereocenters. The van der Waals surface area contributed by atoms with E-state index in [9.17, 15) is 24.3 Å². The Morgan fingerprint density at radius 3 is 1.95 bits per heavy atom. The van der Waals surface area contributed by atoms with Crippen molar-refractivity contribution in [1.29, 1.82) is 0 Å². The number of carbonyl (C=O) groups is 4. The van der Waals surface area contributed by atoms with Crippen LogP contribution in [-0.2, 0) is 38.4 Å². The Bertz CT molecular complexity index is 1330. The third kappa shape index (κ3) is 13.5. The summed E-state index contributed by atoms with van der Waals surface area (Å²) in [6, 6.07) is 24.4. The average Bonchev–Trinajstić information content (AvgIpc) is 2.99. The van der Waals surface area contributed by atoms with Gasteiger partial charge in [-0.1, -0.05) is 86.6 Å². The smallest absolute Gasteiger partial charge is 0.303 e. The average molecular weight is 606 g/mol. The van der Waals surface area contributed by atoms with Gasteiger partial charge >= 0.3 is 5.97 Å². The first kappa shape index (κ1) is 35.5. The van der Waals surface area contributed by atoms with Crippen molar-refractivity contribution in [1.82, 2.24) is 10.6 Å². The summed E-state index contributed by atoms with van der Waals surface area (Å²) in [6.45, 7) is 3.65. The van der Waals surface area contributed by atoms with Crippen LogP contribution in [0, 0.1) is 5.92 Å². The van der Waals surface area contributed by atoms with Crippen molar-refractivity contribution in [3.05, 3.63) is 102 Å². The molecule has 10 heteroatoms. The summed E-state index contributed by atoms with van der Waals surface area (Å²) in [4.78, 5) is 47.2. The highest BCUT2D eigenvalue weighted by molar-refractivity contribution is 5.88. The van der Waals surface area contributed by atoms with E-state index in [0.717, 1.165) is 16.7 Å². The van der Waals surface area contributed by atoms with Crippen molar-refractivity contribution in [3.63, 3.8) is 0 Å². The number of methoxy groups -OCH3 is 1. The van der Waals surface area contributed by atoms with Gasteiger partial charge in [-0.05, 0) is 47.6 Å². The monoisotopic (exact) mass is 605 g/mol. The lowest BCUT2D eigenvalue weighted by Gasteiger charge is -2.28. The Hall–Kier alpha value is -4.70. The van der Waals surface area contributed by atoms with Crippen LogP contribution in [-0.4, -0.2) is 59.2 Å². The van der Waals surface area contributed by atoms with Gasteiger partial charge in [-0.2, -0.15) is 0 Å². The number of aliphatic carboxylic acids is 1. The van der Waals surface area contributed by atoms with Crippen molar-refractivity contribution < 1.29 is 34.1 Å². The summed E-state index contributed by atoms with van der Waals surface area (Å²) < 4.78 is 5.19. The van der Waals surface area contributed by atoms with Crippen molar-refractivity contribution >= 4 is 23.7 Å². The number of primary amides is 1. The molecular weight excluding hydrogens is 562 g/mol. The number of benzene rings is 3. The third-order valence-electron chi connectivity index (χ3n) is 6.73. The highest BCUT2D eigenvalue weighted by Gasteiger charge is 2.29. The fourth-order valence-corrected chi connectivity index (χ4v) is 4.42. The van der Waals surface area contributed by atoms with Gasteiger partial charge in [-0.15, -0.1) is 0 Å². The molecule has 44 heavy (non-hydrogen) atoms. The number of carbonyl (C=O) groups excluding carboxylic acids is 3. The molecule has 0 aliphatic rings. The van der Waals surface area contributed by atoms with Gasteiger partial charge < -0.3 is 31.3 Å². The maximum Gasteiger partial charge on any atom is 0.303 e. The molecule has 3 aromatic carbocycles. The molecular formula is C34H43N3O7. The minimum Gasteiger partial charge on any atom is -0.497 e. The highest BCUT2D eigenvalue weighted by Crippen LogP contribution is 2.14. The van der Waals surface area contributed by atoms with Crippen LogP contribution < -0.4 is 21.1 Å². The molecule has 0 fully saturated rings. The van der Waals surface area contributed by atoms with E-state index in [1.165, 1.54) is 0 Å². The Balaban J connectivity index is 0.000000569. The molecule has 3 unspecified atom stereocenters. The van der Waals surface area contributed by atoms with Crippen LogP contribution in [0.1, 0.15) is 43.4 Å². The van der Waals surface area contributed by atoms with Gasteiger partial charge in [0.25, 0.3) is 0 Å². The molecule has 3 rings (SSSR count). The van der Waals surface area contributed by atoms with E-state index in [2.05, 4.69) is 10.6 Å². The second kappa shape index (κ2) is 18.8. The Labute approximate surface area is 258 Å². The molecule has 6 N–H and O–H groups in total. The van der Waals surface area contributed by atoms with Gasteiger partial charge in [0, 0.05) is 6.42 Å². The number of amides is 3. The standard InChI is InChI=1S/C26H34N2O6.C8H9NO/c1-17(2)25(28-23(30)16-19-10-7-11-20(14-19)34-3)26(33)27-21(22(29)12-13-24(31)32)15-18-8-5-4-6-9-18;9-8(10)6-7-4-2-1-3-5-7/h4-11,14,17,21-22,25,29H,12-13,15-16H2,1-3H3,(H,27,33)(H,28,30)(H,31,32);1-5H,6H2,(H2,9,10). The molecule has 0 aliphatic carbocycles. The number of carboxylic acids is 1. The lowest BCUT2D eigenvalue weighted by atomic mass is 9.96. The van der Waals surface area contributed by atoms with Crippen molar-refractivity contribution in [3.8, 4) is 5.75 Å². The number of hydrogen-bond donors (Lipinski definition) is 5. The second-order valence-electron chi connectivity index (χ2n) is 10.8. The quantitative estimate of drug-likeness (QED) is 0.177. The maximum atomic E-state index is 13.1. The van der Waals surface area contributed by atoms with E-state index >= 15 is 0 Å². The zero-order valence-electron chi connectivity index (χ0n) is 25.4. The van der Waals surface area contributed by atoms with Gasteiger partial charge in [0.2, 0.25) is 17.7 Å². The second-order valence-corrected chi connectivity index (χ2v) is 10.8. The zero-order chi connectivity index (χ0) is 32.5. The number of nitrogens with two attached hydrogens (primary N) is 1. The van der Waals surface area contributed by atoms with E-state index in [4.69, 9.17) is 15.6 Å². The van der Waals surface area contributed by atoms with E-state index in [1.807, 2.05) is 74.5 Å². The van der Waals surface area contributed by atoms with Gasteiger partial charge in [0.15, 0.2) is 0 Å². The number of aliphatic hydroxyl groups excluding tert-OH is 1. The molecule has 0 bridgehead atoms. The molecule has 0 saturated carbocycles. The molecule has 0 saturated heterocycles. The van der Waals surface area contributed by atoms with Crippen LogP contribution in [0.2, 0.25) is 0 Å². The Morgan fingerprint density at radius 2 is 1.41 bits per heavy atom. The molecule has 236 valence electrons. The first-order chi connectivity index (χ1) is 21.0. The van der Waals surface area contributed by atoms with Crippen molar-refractivity contribution in [2.24, 2.45) is 11.7 Å². The normalized spacial score (nSPS) is 12.6. The zero-order valence-corrected chi connectivity index (χ0v) is 25.4. The summed E-state index contributed by atoms with van der Waals surface area (Å²) in [5, 5.41) is 25.2. The summed E-state index contributed by atoms with van der Waals surface area (Å²) in [7, 11) is 1.55. The number of hydrogen-bond acceptors (Lipinski definition) is 6. The van der Waals surface area contributed by atoms with E-state index in [-0.39, 0.29) is 37.0 Å². The summed E-state index contributed by atoms with van der Waals surface area (Å²) in [5.74, 6) is -1.61. The molecule has 0 heterocycles. The van der Waals surface area contributed by atoms with Crippen LogP contribution in [0.15, 0.2) is 84.9 Å². The predicted molar refractivity (Wildman–Crippen MR) is 168 cm³/mol. The van der Waals surface area contributed by atoms with Gasteiger partial charge in [0.1, 0.15) is 11.8 Å². The number of rotatable bonds is 15. The topological polar surface area (TPSA) is 168 Å². The van der Waals surface area contributed by atoms with Gasteiger partial charge in [-0.3, -0.25) is 19.2 Å². The van der Waals surface area contributed by atoms with Crippen LogP contribution in [0.25, 0.3) is 0 Å². The van der Waals surface area contributed by atoms with Gasteiger partial charge in [-0.25, -0.2) is 0 Å².